The van der Waals surface area contributed by atoms with Gasteiger partial charge in [0, 0.05) is 6.54 Å². The van der Waals surface area contributed by atoms with E-state index in [1.165, 1.54) is 0 Å². The molecule has 4 nitrogen and oxygen atoms in total. The molecule has 0 aliphatic carbocycles. The van der Waals surface area contributed by atoms with Crippen LogP contribution in [0.15, 0.2) is 0 Å². The van der Waals surface area contributed by atoms with Crippen LogP contribution in [-0.2, 0) is 14.2 Å². The quantitative estimate of drug-likeness (QED) is 0.420. The van der Waals surface area contributed by atoms with E-state index in [2.05, 4.69) is 17.2 Å². The molecule has 0 bridgehead atoms. The summed E-state index contributed by atoms with van der Waals surface area (Å²) in [7, 11) is 1.90. The van der Waals surface area contributed by atoms with Gasteiger partial charge in [-0.2, -0.15) is 0 Å². The van der Waals surface area contributed by atoms with Crippen LogP contribution >= 0.6 is 0 Å². The third-order valence-electron chi connectivity index (χ3n) is 1.59. The Morgan fingerprint density at radius 2 is 1.53 bits per heavy atom. The fraction of sp³-hybridized carbons (Fsp3) is 0.818. The minimum Gasteiger partial charge on any atom is -0.378 e. The van der Waals surface area contributed by atoms with E-state index in [1.807, 2.05) is 7.05 Å². The highest BCUT2D eigenvalue weighted by Crippen LogP contribution is 1.80. The van der Waals surface area contributed by atoms with Crippen LogP contribution in [0.4, 0.5) is 0 Å². The molecule has 0 fully saturated rings. The van der Waals surface area contributed by atoms with Crippen LogP contribution in [0.2, 0.25) is 0 Å². The van der Waals surface area contributed by atoms with Crippen LogP contribution in [0.1, 0.15) is 6.92 Å². The molecule has 0 aromatic carbocycles. The van der Waals surface area contributed by atoms with Crippen LogP contribution in [0.5, 0.6) is 0 Å². The summed E-state index contributed by atoms with van der Waals surface area (Å²) in [4.78, 5) is 0. The Morgan fingerprint density at radius 1 is 0.933 bits per heavy atom. The van der Waals surface area contributed by atoms with E-state index in [4.69, 9.17) is 14.2 Å². The molecule has 4 heteroatoms. The van der Waals surface area contributed by atoms with Crippen molar-refractivity contribution in [1.82, 2.24) is 5.32 Å². The van der Waals surface area contributed by atoms with Crippen molar-refractivity contribution in [1.29, 1.82) is 0 Å². The van der Waals surface area contributed by atoms with Crippen LogP contribution < -0.4 is 5.32 Å². The summed E-state index contributed by atoms with van der Waals surface area (Å²) in [5.74, 6) is 5.57. The van der Waals surface area contributed by atoms with Gasteiger partial charge >= 0.3 is 0 Å². The first-order valence-electron chi connectivity index (χ1n) is 5.19. The average Bonchev–Trinajstić information content (AvgIpc) is 2.26. The van der Waals surface area contributed by atoms with E-state index in [9.17, 15) is 0 Å². The average molecular weight is 215 g/mol. The first-order chi connectivity index (χ1) is 7.41. The van der Waals surface area contributed by atoms with Crippen molar-refractivity contribution < 1.29 is 14.2 Å². The molecular weight excluding hydrogens is 194 g/mol. The number of likely N-dealkylation sites (N-methyl/N-ethyl adjacent to an activating group) is 1. The molecule has 88 valence electrons. The molecule has 0 aromatic heterocycles. The second-order valence-electron chi connectivity index (χ2n) is 2.81. The molecular formula is C11H21NO3. The smallest absolute Gasteiger partial charge is 0.107 e. The molecule has 0 atom stereocenters. The molecule has 0 heterocycles. The fourth-order valence-electron chi connectivity index (χ4n) is 0.809. The topological polar surface area (TPSA) is 39.7 Å². The second kappa shape index (κ2) is 13.4. The maximum atomic E-state index is 5.28. The number of hydrogen-bond acceptors (Lipinski definition) is 4. The monoisotopic (exact) mass is 215 g/mol. The summed E-state index contributed by atoms with van der Waals surface area (Å²) < 4.78 is 15.7. The van der Waals surface area contributed by atoms with Crippen LogP contribution in [0.3, 0.4) is 0 Å². The number of ether oxygens (including phenoxy) is 3. The van der Waals surface area contributed by atoms with Gasteiger partial charge in [0.15, 0.2) is 0 Å². The van der Waals surface area contributed by atoms with Gasteiger partial charge in [0.05, 0.1) is 33.0 Å². The van der Waals surface area contributed by atoms with E-state index in [0.717, 1.165) is 13.2 Å². The predicted molar refractivity (Wildman–Crippen MR) is 59.8 cm³/mol. The molecule has 0 amide bonds. The second-order valence-corrected chi connectivity index (χ2v) is 2.81. The van der Waals surface area contributed by atoms with Gasteiger partial charge < -0.3 is 19.5 Å². The van der Waals surface area contributed by atoms with Gasteiger partial charge in [-0.3, -0.25) is 0 Å². The molecule has 0 saturated heterocycles. The number of rotatable bonds is 10. The Labute approximate surface area is 92.3 Å². The maximum absolute atomic E-state index is 5.28. The van der Waals surface area contributed by atoms with E-state index in [1.54, 1.807) is 6.92 Å². The molecule has 0 unspecified atom stereocenters. The summed E-state index contributed by atoms with van der Waals surface area (Å²) in [5.41, 5.74) is 0. The van der Waals surface area contributed by atoms with Crippen LogP contribution in [0.25, 0.3) is 0 Å². The van der Waals surface area contributed by atoms with Crippen molar-refractivity contribution >= 4 is 0 Å². The maximum Gasteiger partial charge on any atom is 0.107 e. The zero-order chi connectivity index (χ0) is 11.2. The third-order valence-corrected chi connectivity index (χ3v) is 1.59. The summed E-state index contributed by atoms with van der Waals surface area (Å²) in [6.07, 6.45) is 0. The zero-order valence-electron chi connectivity index (χ0n) is 9.67. The first-order valence-corrected chi connectivity index (χ1v) is 5.19. The molecule has 0 radical (unpaired) electrons. The Kier molecular flexibility index (Phi) is 12.9. The van der Waals surface area contributed by atoms with Crippen LogP contribution in [0, 0.1) is 11.8 Å². The Bertz CT molecular complexity index is 174. The molecule has 1 N–H and O–H groups in total. The van der Waals surface area contributed by atoms with Gasteiger partial charge in [-0.1, -0.05) is 5.92 Å². The lowest BCUT2D eigenvalue weighted by molar-refractivity contribution is 0.0211. The summed E-state index contributed by atoms with van der Waals surface area (Å²) >= 11 is 0. The fourth-order valence-corrected chi connectivity index (χ4v) is 0.809. The minimum atomic E-state index is 0.485. The summed E-state index contributed by atoms with van der Waals surface area (Å²) in [6.45, 7) is 6.32. The van der Waals surface area contributed by atoms with Gasteiger partial charge in [0.1, 0.15) is 6.61 Å². The molecule has 15 heavy (non-hydrogen) atoms. The SMILES string of the molecule is CC#CCOCCOCCOCCNC. The van der Waals surface area contributed by atoms with Gasteiger partial charge in [0.25, 0.3) is 0 Å². The summed E-state index contributed by atoms with van der Waals surface area (Å²) in [5, 5.41) is 3.00. The van der Waals surface area contributed by atoms with Crippen LogP contribution in [-0.4, -0.2) is 53.2 Å². The van der Waals surface area contributed by atoms with Crippen molar-refractivity contribution in [3.63, 3.8) is 0 Å². The largest absolute Gasteiger partial charge is 0.378 e. The van der Waals surface area contributed by atoms with Gasteiger partial charge in [0.2, 0.25) is 0 Å². The van der Waals surface area contributed by atoms with Gasteiger partial charge in [-0.25, -0.2) is 0 Å². The highest BCUT2D eigenvalue weighted by molar-refractivity contribution is 4.94. The van der Waals surface area contributed by atoms with Crippen molar-refractivity contribution in [3.8, 4) is 11.8 Å². The lowest BCUT2D eigenvalue weighted by Crippen LogP contribution is -2.16. The number of nitrogens with one attached hydrogen (secondary N) is 1. The molecule has 0 aliphatic heterocycles. The van der Waals surface area contributed by atoms with Crippen molar-refractivity contribution in [2.75, 3.05) is 53.2 Å². The van der Waals surface area contributed by atoms with Gasteiger partial charge in [-0.15, -0.1) is 5.92 Å². The molecule has 0 aromatic rings. The summed E-state index contributed by atoms with van der Waals surface area (Å²) in [6, 6.07) is 0. The van der Waals surface area contributed by atoms with E-state index >= 15 is 0 Å². The number of hydrogen-bond donors (Lipinski definition) is 1. The molecule has 0 aliphatic rings. The Balaban J connectivity index is 2.88. The standard InChI is InChI=1S/C11H21NO3/c1-3-4-6-13-8-10-15-11-9-14-7-5-12-2/h12H,5-11H2,1-2H3. The molecule has 0 saturated carbocycles. The lowest BCUT2D eigenvalue weighted by Gasteiger charge is -2.05. The van der Waals surface area contributed by atoms with E-state index in [0.29, 0.717) is 33.0 Å². The van der Waals surface area contributed by atoms with Gasteiger partial charge in [-0.05, 0) is 14.0 Å². The van der Waals surface area contributed by atoms with Crippen molar-refractivity contribution in [2.45, 2.75) is 6.92 Å². The molecule has 0 spiro atoms. The first kappa shape index (κ1) is 14.4. The van der Waals surface area contributed by atoms with Crippen molar-refractivity contribution in [2.24, 2.45) is 0 Å². The normalized spacial score (nSPS) is 9.73. The highest BCUT2D eigenvalue weighted by atomic mass is 16.5. The Hall–Kier alpha value is -0.600. The lowest BCUT2D eigenvalue weighted by atomic mass is 10.6. The highest BCUT2D eigenvalue weighted by Gasteiger charge is 1.89. The zero-order valence-corrected chi connectivity index (χ0v) is 9.67. The minimum absolute atomic E-state index is 0.485. The Morgan fingerprint density at radius 3 is 2.13 bits per heavy atom. The van der Waals surface area contributed by atoms with E-state index in [-0.39, 0.29) is 0 Å². The molecule has 0 rings (SSSR count). The third kappa shape index (κ3) is 13.4. The van der Waals surface area contributed by atoms with Crippen molar-refractivity contribution in [3.05, 3.63) is 0 Å². The predicted octanol–water partition coefficient (Wildman–Crippen LogP) is 0.279. The van der Waals surface area contributed by atoms with E-state index < -0.39 is 0 Å².